The van der Waals surface area contributed by atoms with Crippen molar-refractivity contribution in [1.29, 1.82) is 0 Å². The molecular weight excluding hydrogens is 240 g/mol. The van der Waals surface area contributed by atoms with Crippen molar-refractivity contribution >= 4 is 17.4 Å². The zero-order valence-corrected chi connectivity index (χ0v) is 10.8. The van der Waals surface area contributed by atoms with Crippen LogP contribution in [0.15, 0.2) is 42.7 Å². The largest absolute Gasteiger partial charge is 0.364 e. The Morgan fingerprint density at radius 1 is 1.21 bits per heavy atom. The highest BCUT2D eigenvalue weighted by Crippen LogP contribution is 2.10. The van der Waals surface area contributed by atoms with Gasteiger partial charge in [-0.3, -0.25) is 9.78 Å². The van der Waals surface area contributed by atoms with Gasteiger partial charge in [-0.25, -0.2) is 4.98 Å². The van der Waals surface area contributed by atoms with Crippen LogP contribution in [0, 0.1) is 0 Å². The second-order valence-electron chi connectivity index (χ2n) is 4.01. The van der Waals surface area contributed by atoms with E-state index in [2.05, 4.69) is 20.6 Å². The molecule has 0 saturated heterocycles. The number of hydrogen-bond donors (Lipinski definition) is 2. The van der Waals surface area contributed by atoms with Gasteiger partial charge in [-0.15, -0.1) is 0 Å². The first-order chi connectivity index (χ1) is 9.28. The highest BCUT2D eigenvalue weighted by molar-refractivity contribution is 5.90. The summed E-state index contributed by atoms with van der Waals surface area (Å²) < 4.78 is 0. The summed E-state index contributed by atoms with van der Waals surface area (Å²) in [5.41, 5.74) is 1.66. The third-order valence-electron chi connectivity index (χ3n) is 2.55. The van der Waals surface area contributed by atoms with E-state index in [0.717, 1.165) is 11.5 Å². The first-order valence-corrected chi connectivity index (χ1v) is 6.17. The zero-order valence-electron chi connectivity index (χ0n) is 10.8. The van der Waals surface area contributed by atoms with Crippen molar-refractivity contribution in [2.24, 2.45) is 0 Å². The number of nitrogens with one attached hydrogen (secondary N) is 2. The van der Waals surface area contributed by atoms with Gasteiger partial charge in [0.1, 0.15) is 5.82 Å². The van der Waals surface area contributed by atoms with E-state index in [1.165, 1.54) is 0 Å². The molecule has 0 aliphatic rings. The summed E-state index contributed by atoms with van der Waals surface area (Å²) in [6.45, 7) is 2.43. The molecule has 5 nitrogen and oxygen atoms in total. The van der Waals surface area contributed by atoms with Crippen LogP contribution in [0.2, 0.25) is 0 Å². The third kappa shape index (κ3) is 4.06. The van der Waals surface area contributed by atoms with Crippen LogP contribution in [0.5, 0.6) is 0 Å². The van der Waals surface area contributed by atoms with E-state index >= 15 is 0 Å². The standard InChI is InChI=1S/C14H16N4O/c1-2-14(19)18-12-6-7-13(17-10-12)16-9-11-5-3-4-8-15-11/h3-8,10H,2,9H2,1H3,(H,16,17)(H,18,19). The van der Waals surface area contributed by atoms with Crippen LogP contribution in [-0.2, 0) is 11.3 Å². The third-order valence-corrected chi connectivity index (χ3v) is 2.55. The van der Waals surface area contributed by atoms with E-state index in [0.29, 0.717) is 18.7 Å². The van der Waals surface area contributed by atoms with E-state index in [1.807, 2.05) is 37.3 Å². The molecule has 0 saturated carbocycles. The first kappa shape index (κ1) is 13.0. The fourth-order valence-electron chi connectivity index (χ4n) is 1.51. The fourth-order valence-corrected chi connectivity index (χ4v) is 1.51. The van der Waals surface area contributed by atoms with E-state index < -0.39 is 0 Å². The maximum absolute atomic E-state index is 11.2. The van der Waals surface area contributed by atoms with E-state index in [1.54, 1.807) is 12.4 Å². The highest BCUT2D eigenvalue weighted by Gasteiger charge is 2.00. The maximum Gasteiger partial charge on any atom is 0.224 e. The Bertz CT molecular complexity index is 525. The molecule has 5 heteroatoms. The van der Waals surface area contributed by atoms with Gasteiger partial charge >= 0.3 is 0 Å². The van der Waals surface area contributed by atoms with Gasteiger partial charge in [-0.05, 0) is 24.3 Å². The average Bonchev–Trinajstić information content (AvgIpc) is 2.47. The molecular formula is C14H16N4O. The van der Waals surface area contributed by atoms with Gasteiger partial charge in [-0.2, -0.15) is 0 Å². The molecule has 0 bridgehead atoms. The van der Waals surface area contributed by atoms with Gasteiger partial charge in [0.2, 0.25) is 5.91 Å². The zero-order chi connectivity index (χ0) is 13.5. The summed E-state index contributed by atoms with van der Waals surface area (Å²) in [5.74, 6) is 0.733. The van der Waals surface area contributed by atoms with Gasteiger partial charge in [0.25, 0.3) is 0 Å². The molecule has 0 unspecified atom stereocenters. The molecule has 2 N–H and O–H groups in total. The van der Waals surface area contributed by atoms with Crippen LogP contribution in [0.4, 0.5) is 11.5 Å². The predicted octanol–water partition coefficient (Wildman–Crippen LogP) is 2.44. The second kappa shape index (κ2) is 6.49. The van der Waals surface area contributed by atoms with E-state index in [4.69, 9.17) is 0 Å². The van der Waals surface area contributed by atoms with Crippen molar-refractivity contribution in [2.45, 2.75) is 19.9 Å². The molecule has 0 spiro atoms. The average molecular weight is 256 g/mol. The lowest BCUT2D eigenvalue weighted by molar-refractivity contribution is -0.115. The topological polar surface area (TPSA) is 66.9 Å². The van der Waals surface area contributed by atoms with Gasteiger partial charge < -0.3 is 10.6 Å². The molecule has 1 amide bonds. The Hall–Kier alpha value is -2.43. The normalized spacial score (nSPS) is 9.95. The maximum atomic E-state index is 11.2. The van der Waals surface area contributed by atoms with Crippen LogP contribution in [0.3, 0.4) is 0 Å². The lowest BCUT2D eigenvalue weighted by atomic mass is 10.3. The summed E-state index contributed by atoms with van der Waals surface area (Å²) in [4.78, 5) is 19.7. The number of pyridine rings is 2. The van der Waals surface area contributed by atoms with Crippen molar-refractivity contribution in [2.75, 3.05) is 10.6 Å². The summed E-state index contributed by atoms with van der Waals surface area (Å²) in [6, 6.07) is 9.42. The molecule has 0 aromatic carbocycles. The van der Waals surface area contributed by atoms with Crippen molar-refractivity contribution in [3.05, 3.63) is 48.4 Å². The minimum absolute atomic E-state index is 0.0176. The first-order valence-electron chi connectivity index (χ1n) is 6.17. The number of aromatic nitrogens is 2. The van der Waals surface area contributed by atoms with Crippen molar-refractivity contribution in [3.63, 3.8) is 0 Å². The number of amides is 1. The quantitative estimate of drug-likeness (QED) is 0.862. The number of rotatable bonds is 5. The molecule has 2 aromatic heterocycles. The van der Waals surface area contributed by atoms with Crippen LogP contribution in [-0.4, -0.2) is 15.9 Å². The van der Waals surface area contributed by atoms with Crippen LogP contribution in [0.1, 0.15) is 19.0 Å². The predicted molar refractivity (Wildman–Crippen MR) is 74.7 cm³/mol. The SMILES string of the molecule is CCC(=O)Nc1ccc(NCc2ccccn2)nc1. The summed E-state index contributed by atoms with van der Waals surface area (Å²) in [6.07, 6.45) is 3.85. The number of hydrogen-bond acceptors (Lipinski definition) is 4. The van der Waals surface area contributed by atoms with Gasteiger partial charge in [-0.1, -0.05) is 13.0 Å². The smallest absolute Gasteiger partial charge is 0.224 e. The second-order valence-corrected chi connectivity index (χ2v) is 4.01. The fraction of sp³-hybridized carbons (Fsp3) is 0.214. The summed E-state index contributed by atoms with van der Waals surface area (Å²) >= 11 is 0. The van der Waals surface area contributed by atoms with Crippen LogP contribution in [0.25, 0.3) is 0 Å². The molecule has 0 atom stereocenters. The van der Waals surface area contributed by atoms with Crippen molar-refractivity contribution in [3.8, 4) is 0 Å². The molecule has 2 heterocycles. The number of carbonyl (C=O) groups excluding carboxylic acids is 1. The summed E-state index contributed by atoms with van der Waals surface area (Å²) in [7, 11) is 0. The molecule has 0 fully saturated rings. The Morgan fingerprint density at radius 2 is 2.11 bits per heavy atom. The Balaban J connectivity index is 1.90. The van der Waals surface area contributed by atoms with Crippen LogP contribution >= 0.6 is 0 Å². The Kier molecular flexibility index (Phi) is 4.44. The lowest BCUT2D eigenvalue weighted by Gasteiger charge is -2.07. The van der Waals surface area contributed by atoms with Gasteiger partial charge in [0.15, 0.2) is 0 Å². The number of carbonyl (C=O) groups is 1. The molecule has 0 aliphatic carbocycles. The van der Waals surface area contributed by atoms with Gasteiger partial charge in [0.05, 0.1) is 24.1 Å². The molecule has 98 valence electrons. The van der Waals surface area contributed by atoms with Crippen molar-refractivity contribution < 1.29 is 4.79 Å². The monoisotopic (exact) mass is 256 g/mol. The van der Waals surface area contributed by atoms with Gasteiger partial charge in [0, 0.05) is 12.6 Å². The number of nitrogens with zero attached hydrogens (tertiary/aromatic N) is 2. The van der Waals surface area contributed by atoms with Crippen molar-refractivity contribution in [1.82, 2.24) is 9.97 Å². The molecule has 0 radical (unpaired) electrons. The molecule has 2 aromatic rings. The Labute approximate surface area is 112 Å². The molecule has 19 heavy (non-hydrogen) atoms. The van der Waals surface area contributed by atoms with E-state index in [9.17, 15) is 4.79 Å². The molecule has 0 aliphatic heterocycles. The van der Waals surface area contributed by atoms with Crippen LogP contribution < -0.4 is 10.6 Å². The lowest BCUT2D eigenvalue weighted by Crippen LogP contribution is -2.10. The minimum Gasteiger partial charge on any atom is -0.364 e. The molecule has 2 rings (SSSR count). The minimum atomic E-state index is -0.0176. The number of anilines is 2. The summed E-state index contributed by atoms with van der Waals surface area (Å²) in [5, 5.41) is 5.92. The Morgan fingerprint density at radius 3 is 2.74 bits per heavy atom. The van der Waals surface area contributed by atoms with E-state index in [-0.39, 0.29) is 5.91 Å². The highest BCUT2D eigenvalue weighted by atomic mass is 16.1.